The standard InChI is InChI=1S/C26H32N4O4/c31-24(27-9-3-10-29-12-14-33-15-13-29)22-21-6-8-26(34-21)17-30(25(32)23(22)26)11-7-18-16-28-20-5-2-1-4-19(18)20/h1-2,4-6,8,16,21-23,28H,3,7,9-15,17H2,(H,27,31)/t21-,22+,23-,26+/m0/s1. The van der Waals surface area contributed by atoms with Gasteiger partial charge in [-0.3, -0.25) is 14.5 Å². The third-order valence-electron chi connectivity index (χ3n) is 7.86. The summed E-state index contributed by atoms with van der Waals surface area (Å²) in [4.78, 5) is 34.1. The summed E-state index contributed by atoms with van der Waals surface area (Å²) in [5, 5.41) is 4.28. The fourth-order valence-corrected chi connectivity index (χ4v) is 6.12. The molecule has 8 nitrogen and oxygen atoms in total. The van der Waals surface area contributed by atoms with E-state index < -0.39 is 17.4 Å². The molecule has 2 bridgehead atoms. The Morgan fingerprint density at radius 1 is 1.21 bits per heavy atom. The molecule has 4 aliphatic heterocycles. The molecule has 5 heterocycles. The first kappa shape index (κ1) is 21.8. The molecule has 4 aliphatic rings. The Kier molecular flexibility index (Phi) is 5.67. The molecule has 34 heavy (non-hydrogen) atoms. The number of ether oxygens (including phenoxy) is 2. The van der Waals surface area contributed by atoms with Gasteiger partial charge < -0.3 is 24.7 Å². The van der Waals surface area contributed by atoms with Crippen LogP contribution in [0, 0.1) is 11.8 Å². The van der Waals surface area contributed by atoms with Crippen molar-refractivity contribution < 1.29 is 19.1 Å². The minimum Gasteiger partial charge on any atom is -0.379 e. The van der Waals surface area contributed by atoms with Crippen LogP contribution in [0.1, 0.15) is 12.0 Å². The Hall–Kier alpha value is -2.68. The zero-order valence-corrected chi connectivity index (χ0v) is 19.4. The van der Waals surface area contributed by atoms with Gasteiger partial charge in [-0.15, -0.1) is 0 Å². The topological polar surface area (TPSA) is 86.9 Å². The number of nitrogens with one attached hydrogen (secondary N) is 2. The minimum atomic E-state index is -0.655. The maximum Gasteiger partial charge on any atom is 0.230 e. The number of H-pyrrole nitrogens is 1. The van der Waals surface area contributed by atoms with Crippen LogP contribution in [0.5, 0.6) is 0 Å². The van der Waals surface area contributed by atoms with Gasteiger partial charge in [0, 0.05) is 43.3 Å². The molecule has 0 aliphatic carbocycles. The molecule has 8 heteroatoms. The highest BCUT2D eigenvalue weighted by Gasteiger charge is 2.66. The molecule has 0 unspecified atom stereocenters. The number of para-hydroxylation sites is 1. The van der Waals surface area contributed by atoms with Crippen LogP contribution < -0.4 is 5.32 Å². The van der Waals surface area contributed by atoms with E-state index in [-0.39, 0.29) is 17.9 Å². The molecule has 2 aromatic rings. The molecule has 1 spiro atoms. The van der Waals surface area contributed by atoms with E-state index >= 15 is 0 Å². The predicted octanol–water partition coefficient (Wildman–Crippen LogP) is 1.33. The molecule has 2 amide bonds. The zero-order valence-electron chi connectivity index (χ0n) is 19.4. The number of amides is 2. The van der Waals surface area contributed by atoms with Gasteiger partial charge in [-0.25, -0.2) is 0 Å². The smallest absolute Gasteiger partial charge is 0.230 e. The minimum absolute atomic E-state index is 0.0418. The number of likely N-dealkylation sites (tertiary alicyclic amines) is 1. The molecule has 1 aromatic carbocycles. The van der Waals surface area contributed by atoms with Crippen molar-refractivity contribution in [2.24, 2.45) is 11.8 Å². The quantitative estimate of drug-likeness (QED) is 0.455. The van der Waals surface area contributed by atoms with Crippen molar-refractivity contribution in [3.05, 3.63) is 48.2 Å². The summed E-state index contributed by atoms with van der Waals surface area (Å²) in [6, 6.07) is 8.21. The van der Waals surface area contributed by atoms with Gasteiger partial charge in [-0.05, 0) is 31.0 Å². The van der Waals surface area contributed by atoms with Gasteiger partial charge in [0.15, 0.2) is 0 Å². The third-order valence-corrected chi connectivity index (χ3v) is 7.86. The molecule has 1 aromatic heterocycles. The SMILES string of the molecule is O=C(NCCCN1CCOCC1)[C@@H]1[C@@H]2C=C[C@]3(CN(CCc4c[nH]c5ccccc45)C(=O)[C@H]13)O2. The van der Waals surface area contributed by atoms with Crippen molar-refractivity contribution in [3.8, 4) is 0 Å². The van der Waals surface area contributed by atoms with Crippen LogP contribution >= 0.6 is 0 Å². The monoisotopic (exact) mass is 464 g/mol. The third kappa shape index (κ3) is 3.74. The van der Waals surface area contributed by atoms with Crippen LogP contribution in [0.3, 0.4) is 0 Å². The summed E-state index contributed by atoms with van der Waals surface area (Å²) in [5.41, 5.74) is 1.65. The van der Waals surface area contributed by atoms with Gasteiger partial charge in [-0.2, -0.15) is 0 Å². The molecule has 0 radical (unpaired) electrons. The summed E-state index contributed by atoms with van der Waals surface area (Å²) < 4.78 is 11.7. The summed E-state index contributed by atoms with van der Waals surface area (Å²) in [6.07, 6.45) is 7.38. The van der Waals surface area contributed by atoms with Crippen LogP contribution in [0.15, 0.2) is 42.6 Å². The second-order valence-electron chi connectivity index (χ2n) is 9.87. The average molecular weight is 465 g/mol. The van der Waals surface area contributed by atoms with E-state index in [9.17, 15) is 9.59 Å². The van der Waals surface area contributed by atoms with Crippen molar-refractivity contribution in [3.63, 3.8) is 0 Å². The Morgan fingerprint density at radius 3 is 2.94 bits per heavy atom. The molecule has 4 atom stereocenters. The van der Waals surface area contributed by atoms with Crippen LogP contribution in [0.2, 0.25) is 0 Å². The van der Waals surface area contributed by atoms with Gasteiger partial charge in [0.2, 0.25) is 11.8 Å². The van der Waals surface area contributed by atoms with Crippen LogP contribution in [-0.2, 0) is 25.5 Å². The predicted molar refractivity (Wildman–Crippen MR) is 127 cm³/mol. The Morgan fingerprint density at radius 2 is 2.06 bits per heavy atom. The number of aromatic nitrogens is 1. The number of fused-ring (bicyclic) bond motifs is 2. The fourth-order valence-electron chi connectivity index (χ4n) is 6.12. The van der Waals surface area contributed by atoms with Gasteiger partial charge in [0.05, 0.1) is 37.7 Å². The lowest BCUT2D eigenvalue weighted by Crippen LogP contribution is -2.45. The molecule has 2 N–H and O–H groups in total. The lowest BCUT2D eigenvalue weighted by Gasteiger charge is -2.27. The number of nitrogens with zero attached hydrogens (tertiary/aromatic N) is 2. The summed E-state index contributed by atoms with van der Waals surface area (Å²) in [5.74, 6) is -0.890. The molecule has 180 valence electrons. The van der Waals surface area contributed by atoms with E-state index in [1.54, 1.807) is 0 Å². The van der Waals surface area contributed by atoms with Gasteiger partial charge in [-0.1, -0.05) is 30.4 Å². The average Bonchev–Trinajstić information content (AvgIpc) is 3.61. The van der Waals surface area contributed by atoms with Crippen molar-refractivity contribution >= 4 is 22.7 Å². The number of aromatic amines is 1. The Bertz CT molecular complexity index is 1110. The number of carbonyl (C=O) groups excluding carboxylic acids is 2. The van der Waals surface area contributed by atoms with Crippen molar-refractivity contribution in [2.75, 3.05) is 52.5 Å². The largest absolute Gasteiger partial charge is 0.379 e. The highest BCUT2D eigenvalue weighted by Crippen LogP contribution is 2.51. The highest BCUT2D eigenvalue weighted by molar-refractivity contribution is 5.93. The first-order valence-corrected chi connectivity index (χ1v) is 12.4. The summed E-state index contributed by atoms with van der Waals surface area (Å²) >= 11 is 0. The summed E-state index contributed by atoms with van der Waals surface area (Å²) in [6.45, 7) is 6.16. The first-order chi connectivity index (χ1) is 16.6. The molecule has 6 rings (SSSR count). The van der Waals surface area contributed by atoms with Crippen LogP contribution in [-0.4, -0.2) is 90.8 Å². The first-order valence-electron chi connectivity index (χ1n) is 12.4. The lowest BCUT2D eigenvalue weighted by molar-refractivity contribution is -0.137. The molecule has 0 saturated carbocycles. The van der Waals surface area contributed by atoms with E-state index in [4.69, 9.17) is 9.47 Å². The number of hydrogen-bond acceptors (Lipinski definition) is 5. The maximum atomic E-state index is 13.5. The molecule has 3 fully saturated rings. The van der Waals surface area contributed by atoms with Crippen LogP contribution in [0.25, 0.3) is 10.9 Å². The number of morpholine rings is 1. The maximum absolute atomic E-state index is 13.5. The zero-order chi connectivity index (χ0) is 23.1. The van der Waals surface area contributed by atoms with Gasteiger partial charge in [0.1, 0.15) is 5.60 Å². The van der Waals surface area contributed by atoms with E-state index in [0.717, 1.165) is 51.2 Å². The van der Waals surface area contributed by atoms with E-state index in [1.165, 1.54) is 10.9 Å². The molecular weight excluding hydrogens is 432 g/mol. The summed E-state index contributed by atoms with van der Waals surface area (Å²) in [7, 11) is 0. The van der Waals surface area contributed by atoms with Crippen molar-refractivity contribution in [1.82, 2.24) is 20.1 Å². The fraction of sp³-hybridized carbons (Fsp3) is 0.538. The lowest BCUT2D eigenvalue weighted by atomic mass is 9.77. The molecular formula is C26H32N4O4. The number of carbonyl (C=O) groups is 2. The van der Waals surface area contributed by atoms with Crippen LogP contribution in [0.4, 0.5) is 0 Å². The second kappa shape index (κ2) is 8.83. The van der Waals surface area contributed by atoms with E-state index in [1.807, 2.05) is 35.4 Å². The number of benzene rings is 1. The van der Waals surface area contributed by atoms with Gasteiger partial charge >= 0.3 is 0 Å². The normalized spacial score (nSPS) is 30.4. The number of hydrogen-bond donors (Lipinski definition) is 2. The second-order valence-corrected chi connectivity index (χ2v) is 9.87. The molecule has 3 saturated heterocycles. The van der Waals surface area contributed by atoms with Crippen molar-refractivity contribution in [2.45, 2.75) is 24.5 Å². The van der Waals surface area contributed by atoms with Crippen molar-refractivity contribution in [1.29, 1.82) is 0 Å². The Balaban J connectivity index is 1.07. The van der Waals surface area contributed by atoms with Gasteiger partial charge in [0.25, 0.3) is 0 Å². The highest BCUT2D eigenvalue weighted by atomic mass is 16.5. The van der Waals surface area contributed by atoms with E-state index in [0.29, 0.717) is 19.6 Å². The number of rotatable bonds is 8. The Labute approximate surface area is 199 Å². The van der Waals surface area contributed by atoms with E-state index in [2.05, 4.69) is 27.3 Å².